The number of halogens is 1. The third kappa shape index (κ3) is 4.90. The first kappa shape index (κ1) is 19.6. The Hall–Kier alpha value is -2.72. The molecular weight excluding hydrogens is 426 g/mol. The van der Waals surface area contributed by atoms with Crippen LogP contribution in [0, 0.1) is 10.1 Å². The maximum atomic E-state index is 12.3. The Morgan fingerprint density at radius 3 is 2.69 bits per heavy atom. The number of hydrogen-bond acceptors (Lipinski definition) is 6. The van der Waals surface area contributed by atoms with Crippen LogP contribution in [-0.2, 0) is 0 Å². The van der Waals surface area contributed by atoms with E-state index in [-0.39, 0.29) is 22.2 Å². The normalized spacial score (nSPS) is 10.1. The molecule has 0 aliphatic heterocycles. The molecule has 0 saturated carbocycles. The highest BCUT2D eigenvalue weighted by Crippen LogP contribution is 2.28. The summed E-state index contributed by atoms with van der Waals surface area (Å²) in [6.45, 7) is 2.34. The van der Waals surface area contributed by atoms with E-state index in [1.807, 2.05) is 6.92 Å². The van der Waals surface area contributed by atoms with Gasteiger partial charge in [0.2, 0.25) is 0 Å². The molecule has 0 saturated heterocycles. The molecule has 10 heteroatoms. The summed E-state index contributed by atoms with van der Waals surface area (Å²) in [4.78, 5) is 22.4. The highest BCUT2D eigenvalue weighted by Gasteiger charge is 2.14. The van der Waals surface area contributed by atoms with Crippen molar-refractivity contribution in [3.63, 3.8) is 0 Å². The van der Waals surface area contributed by atoms with Gasteiger partial charge in [0.05, 0.1) is 21.7 Å². The van der Waals surface area contributed by atoms with Crippen molar-refractivity contribution in [1.82, 2.24) is 5.32 Å². The Balaban J connectivity index is 2.08. The molecule has 0 fully saturated rings. The molecule has 2 rings (SSSR count). The maximum absolute atomic E-state index is 12.3. The molecule has 0 aliphatic rings. The summed E-state index contributed by atoms with van der Waals surface area (Å²) < 4.78 is 5.99. The number of amides is 1. The predicted octanol–water partition coefficient (Wildman–Crippen LogP) is 3.59. The zero-order valence-corrected chi connectivity index (χ0v) is 15.9. The minimum atomic E-state index is -0.607. The van der Waals surface area contributed by atoms with Gasteiger partial charge >= 0.3 is 0 Å². The van der Waals surface area contributed by atoms with Crippen LogP contribution in [0.3, 0.4) is 0 Å². The number of benzene rings is 2. The van der Waals surface area contributed by atoms with E-state index >= 15 is 0 Å². The molecule has 0 atom stereocenters. The van der Waals surface area contributed by atoms with Crippen LogP contribution in [0.4, 0.5) is 11.4 Å². The van der Waals surface area contributed by atoms with Crippen molar-refractivity contribution in [1.29, 1.82) is 0 Å². The Morgan fingerprint density at radius 2 is 2.08 bits per heavy atom. The van der Waals surface area contributed by atoms with E-state index in [1.165, 1.54) is 0 Å². The fourth-order valence-electron chi connectivity index (χ4n) is 1.98. The lowest BCUT2D eigenvalue weighted by Crippen LogP contribution is -2.34. The van der Waals surface area contributed by atoms with Crippen molar-refractivity contribution in [3.05, 3.63) is 56.5 Å². The number of carbonyl (C=O) groups excluding carboxylic acids is 1. The molecule has 1 amide bonds. The molecular formula is C16H14BrN3O5S. The lowest BCUT2D eigenvalue weighted by Gasteiger charge is -2.12. The van der Waals surface area contributed by atoms with Crippen molar-refractivity contribution < 1.29 is 19.6 Å². The second kappa shape index (κ2) is 8.59. The van der Waals surface area contributed by atoms with Crippen molar-refractivity contribution in [2.24, 2.45) is 0 Å². The van der Waals surface area contributed by atoms with Gasteiger partial charge in [-0.3, -0.25) is 20.2 Å². The Labute approximate surface area is 162 Å². The minimum Gasteiger partial charge on any atom is -0.506 e. The van der Waals surface area contributed by atoms with Gasteiger partial charge in [-0.15, -0.1) is 0 Å². The Kier molecular flexibility index (Phi) is 6.47. The number of non-ortho nitro benzene ring substituents is 1. The standard InChI is InChI=1S/C16H14BrN3O5S/c1-2-25-14-6-3-9(7-11(14)17)15(22)19-16(26)18-12-8-10(20(23)24)4-5-13(12)21/h3-8,21H,2H2,1H3,(H2,18,19,22,26). The molecule has 2 aromatic carbocycles. The van der Waals surface area contributed by atoms with E-state index in [4.69, 9.17) is 17.0 Å². The first-order chi connectivity index (χ1) is 12.3. The number of nitro benzene ring substituents is 1. The van der Waals surface area contributed by atoms with Crippen LogP contribution in [0.1, 0.15) is 17.3 Å². The third-order valence-electron chi connectivity index (χ3n) is 3.16. The molecule has 0 bridgehead atoms. The summed E-state index contributed by atoms with van der Waals surface area (Å²) in [5, 5.41) is 25.4. The van der Waals surface area contributed by atoms with E-state index in [0.717, 1.165) is 18.2 Å². The van der Waals surface area contributed by atoms with Crippen molar-refractivity contribution >= 4 is 50.5 Å². The quantitative estimate of drug-likeness (QED) is 0.282. The average Bonchev–Trinajstić information content (AvgIpc) is 2.58. The lowest BCUT2D eigenvalue weighted by molar-refractivity contribution is -0.384. The van der Waals surface area contributed by atoms with Gasteiger partial charge in [0, 0.05) is 17.7 Å². The van der Waals surface area contributed by atoms with Crippen LogP contribution in [0.5, 0.6) is 11.5 Å². The van der Waals surface area contributed by atoms with Gasteiger partial charge < -0.3 is 15.2 Å². The summed E-state index contributed by atoms with van der Waals surface area (Å²) in [7, 11) is 0. The van der Waals surface area contributed by atoms with Gasteiger partial charge in [-0.05, 0) is 59.3 Å². The second-order valence-corrected chi connectivity index (χ2v) is 6.21. The molecule has 2 aromatic rings. The van der Waals surface area contributed by atoms with E-state index < -0.39 is 10.8 Å². The number of hydrogen-bond donors (Lipinski definition) is 3. The smallest absolute Gasteiger partial charge is 0.271 e. The first-order valence-corrected chi connectivity index (χ1v) is 8.54. The number of phenols is 1. The topological polar surface area (TPSA) is 114 Å². The molecule has 0 heterocycles. The number of nitrogens with one attached hydrogen (secondary N) is 2. The summed E-state index contributed by atoms with van der Waals surface area (Å²) in [5.41, 5.74) is 0.111. The molecule has 0 spiro atoms. The summed E-state index contributed by atoms with van der Waals surface area (Å²) >= 11 is 8.34. The third-order valence-corrected chi connectivity index (χ3v) is 3.98. The number of ether oxygens (including phenoxy) is 1. The average molecular weight is 440 g/mol. The number of anilines is 1. The number of phenolic OH excluding ortho intramolecular Hbond substituents is 1. The molecule has 0 unspecified atom stereocenters. The molecule has 26 heavy (non-hydrogen) atoms. The highest BCUT2D eigenvalue weighted by atomic mass is 79.9. The molecule has 8 nitrogen and oxygen atoms in total. The van der Waals surface area contributed by atoms with Gasteiger partial charge in [0.25, 0.3) is 11.6 Å². The van der Waals surface area contributed by atoms with E-state index in [2.05, 4.69) is 26.6 Å². The highest BCUT2D eigenvalue weighted by molar-refractivity contribution is 9.10. The number of carbonyl (C=O) groups is 1. The molecule has 0 radical (unpaired) electrons. The zero-order valence-electron chi connectivity index (χ0n) is 13.5. The van der Waals surface area contributed by atoms with Crippen molar-refractivity contribution in [2.45, 2.75) is 6.92 Å². The van der Waals surface area contributed by atoms with Crippen molar-refractivity contribution in [2.75, 3.05) is 11.9 Å². The number of thiocarbonyl (C=S) groups is 1. The van der Waals surface area contributed by atoms with Gasteiger partial charge in [-0.1, -0.05) is 0 Å². The van der Waals surface area contributed by atoms with Gasteiger partial charge in [0.1, 0.15) is 11.5 Å². The van der Waals surface area contributed by atoms with Crippen LogP contribution in [0.2, 0.25) is 0 Å². The fourth-order valence-corrected chi connectivity index (χ4v) is 2.68. The summed E-state index contributed by atoms with van der Waals surface area (Å²) in [6.07, 6.45) is 0. The first-order valence-electron chi connectivity index (χ1n) is 7.34. The van der Waals surface area contributed by atoms with Gasteiger partial charge in [-0.25, -0.2) is 0 Å². The molecule has 136 valence electrons. The number of nitro groups is 1. The minimum absolute atomic E-state index is 0.0115. The molecule has 0 aromatic heterocycles. The SMILES string of the molecule is CCOc1ccc(C(=O)NC(=S)Nc2cc([N+](=O)[O-])ccc2O)cc1Br. The second-order valence-electron chi connectivity index (χ2n) is 4.95. The van der Waals surface area contributed by atoms with Crippen LogP contribution in [-0.4, -0.2) is 27.7 Å². The number of nitrogens with zero attached hydrogens (tertiary/aromatic N) is 1. The molecule has 3 N–H and O–H groups in total. The zero-order chi connectivity index (χ0) is 19.3. The molecule has 0 aliphatic carbocycles. The fraction of sp³-hybridized carbons (Fsp3) is 0.125. The summed E-state index contributed by atoms with van der Waals surface area (Å²) in [5.74, 6) is -0.126. The van der Waals surface area contributed by atoms with Crippen LogP contribution < -0.4 is 15.4 Å². The van der Waals surface area contributed by atoms with Crippen molar-refractivity contribution in [3.8, 4) is 11.5 Å². The number of rotatable bonds is 5. The van der Waals surface area contributed by atoms with E-state index in [9.17, 15) is 20.0 Å². The van der Waals surface area contributed by atoms with E-state index in [0.29, 0.717) is 22.4 Å². The van der Waals surface area contributed by atoms with Crippen LogP contribution >= 0.6 is 28.1 Å². The maximum Gasteiger partial charge on any atom is 0.271 e. The summed E-state index contributed by atoms with van der Waals surface area (Å²) in [6, 6.07) is 8.22. The largest absolute Gasteiger partial charge is 0.506 e. The lowest BCUT2D eigenvalue weighted by atomic mass is 10.2. The van der Waals surface area contributed by atoms with Crippen LogP contribution in [0.15, 0.2) is 40.9 Å². The van der Waals surface area contributed by atoms with E-state index in [1.54, 1.807) is 18.2 Å². The predicted molar refractivity (Wildman–Crippen MR) is 104 cm³/mol. The van der Waals surface area contributed by atoms with Gasteiger partial charge in [-0.2, -0.15) is 0 Å². The number of aromatic hydroxyl groups is 1. The Morgan fingerprint density at radius 1 is 1.35 bits per heavy atom. The van der Waals surface area contributed by atoms with Crippen LogP contribution in [0.25, 0.3) is 0 Å². The Bertz CT molecular complexity index is 875. The monoisotopic (exact) mass is 439 g/mol. The van der Waals surface area contributed by atoms with Gasteiger partial charge in [0.15, 0.2) is 5.11 Å².